The maximum absolute atomic E-state index is 8.66. The second-order valence-electron chi connectivity index (χ2n) is 3.78. The average Bonchev–Trinajstić information content (AvgIpc) is 2.38. The summed E-state index contributed by atoms with van der Waals surface area (Å²) < 4.78 is 10.4. The van der Waals surface area contributed by atoms with Gasteiger partial charge in [0.2, 0.25) is 0 Å². The second kappa shape index (κ2) is 7.79. The van der Waals surface area contributed by atoms with Gasteiger partial charge in [-0.25, -0.2) is 0 Å². The molecule has 17 heavy (non-hydrogen) atoms. The Balaban J connectivity index is 2.43. The first-order chi connectivity index (χ1) is 8.31. The molecule has 0 atom stereocenters. The average molecular weight is 239 g/mol. The molecular formula is C13H21NO3. The predicted molar refractivity (Wildman–Crippen MR) is 69.0 cm³/mol. The van der Waals surface area contributed by atoms with E-state index in [2.05, 4.69) is 5.32 Å². The van der Waals surface area contributed by atoms with Gasteiger partial charge in [-0.2, -0.15) is 0 Å². The summed E-state index contributed by atoms with van der Waals surface area (Å²) in [5, 5.41) is 12.0. The first-order valence-corrected chi connectivity index (χ1v) is 5.88. The molecule has 0 aliphatic carbocycles. The van der Waals surface area contributed by atoms with E-state index in [1.807, 2.05) is 18.2 Å². The van der Waals surface area contributed by atoms with Crippen molar-refractivity contribution in [3.05, 3.63) is 18.2 Å². The lowest BCUT2D eigenvalue weighted by atomic mass is 10.2. The van der Waals surface area contributed by atoms with Crippen LogP contribution < -0.4 is 14.8 Å². The summed E-state index contributed by atoms with van der Waals surface area (Å²) in [6.07, 6.45) is 2.96. The fourth-order valence-electron chi connectivity index (χ4n) is 1.59. The molecule has 0 heterocycles. The van der Waals surface area contributed by atoms with Gasteiger partial charge < -0.3 is 19.9 Å². The Bertz CT molecular complexity index is 328. The van der Waals surface area contributed by atoms with Crippen molar-refractivity contribution in [2.75, 3.05) is 32.7 Å². The zero-order valence-electron chi connectivity index (χ0n) is 10.5. The summed E-state index contributed by atoms with van der Waals surface area (Å²) in [5.74, 6) is 1.46. The zero-order valence-corrected chi connectivity index (χ0v) is 10.5. The Hall–Kier alpha value is -1.42. The van der Waals surface area contributed by atoms with Crippen molar-refractivity contribution in [1.82, 2.24) is 0 Å². The zero-order chi connectivity index (χ0) is 12.5. The molecule has 0 spiro atoms. The Morgan fingerprint density at radius 1 is 1.06 bits per heavy atom. The van der Waals surface area contributed by atoms with Crippen LogP contribution in [0.3, 0.4) is 0 Å². The number of methoxy groups -OCH3 is 2. The van der Waals surface area contributed by atoms with Gasteiger partial charge in [0, 0.05) is 24.9 Å². The summed E-state index contributed by atoms with van der Waals surface area (Å²) in [7, 11) is 3.25. The van der Waals surface area contributed by atoms with E-state index in [4.69, 9.17) is 14.6 Å². The normalized spacial score (nSPS) is 10.1. The molecule has 0 aromatic heterocycles. The van der Waals surface area contributed by atoms with Crippen LogP contribution in [-0.2, 0) is 0 Å². The van der Waals surface area contributed by atoms with Crippen molar-refractivity contribution in [3.8, 4) is 11.5 Å². The monoisotopic (exact) mass is 239 g/mol. The number of nitrogens with one attached hydrogen (secondary N) is 1. The van der Waals surface area contributed by atoms with Gasteiger partial charge in [-0.1, -0.05) is 0 Å². The molecule has 0 saturated heterocycles. The molecule has 1 rings (SSSR count). The summed E-state index contributed by atoms with van der Waals surface area (Å²) in [6.45, 7) is 1.17. The maximum Gasteiger partial charge on any atom is 0.162 e. The number of hydrogen-bond acceptors (Lipinski definition) is 4. The van der Waals surface area contributed by atoms with E-state index in [-0.39, 0.29) is 6.61 Å². The van der Waals surface area contributed by atoms with Crippen LogP contribution >= 0.6 is 0 Å². The van der Waals surface area contributed by atoms with Crippen LogP contribution in [-0.4, -0.2) is 32.5 Å². The molecule has 0 aliphatic heterocycles. The van der Waals surface area contributed by atoms with Crippen molar-refractivity contribution in [3.63, 3.8) is 0 Å². The van der Waals surface area contributed by atoms with Gasteiger partial charge in [0.15, 0.2) is 11.5 Å². The van der Waals surface area contributed by atoms with E-state index in [1.165, 1.54) is 0 Å². The summed E-state index contributed by atoms with van der Waals surface area (Å²) >= 11 is 0. The highest BCUT2D eigenvalue weighted by Gasteiger charge is 2.03. The Labute approximate surface area is 103 Å². The minimum Gasteiger partial charge on any atom is -0.493 e. The van der Waals surface area contributed by atoms with Gasteiger partial charge in [-0.3, -0.25) is 0 Å². The maximum atomic E-state index is 8.66. The molecule has 0 aliphatic rings. The van der Waals surface area contributed by atoms with Crippen molar-refractivity contribution in [1.29, 1.82) is 0 Å². The van der Waals surface area contributed by atoms with Crippen molar-refractivity contribution in [2.45, 2.75) is 19.3 Å². The molecule has 0 bridgehead atoms. The van der Waals surface area contributed by atoms with E-state index in [0.29, 0.717) is 0 Å². The third-order valence-electron chi connectivity index (χ3n) is 2.55. The van der Waals surface area contributed by atoms with Crippen LogP contribution in [0.25, 0.3) is 0 Å². The lowest BCUT2D eigenvalue weighted by Crippen LogP contribution is -2.02. The van der Waals surface area contributed by atoms with E-state index in [1.54, 1.807) is 14.2 Å². The van der Waals surface area contributed by atoms with E-state index in [9.17, 15) is 0 Å². The van der Waals surface area contributed by atoms with Crippen LogP contribution in [0.15, 0.2) is 18.2 Å². The minimum atomic E-state index is 0.274. The third-order valence-corrected chi connectivity index (χ3v) is 2.55. The molecule has 0 fully saturated rings. The summed E-state index contributed by atoms with van der Waals surface area (Å²) in [5.41, 5.74) is 1.02. The minimum absolute atomic E-state index is 0.274. The topological polar surface area (TPSA) is 50.7 Å². The molecule has 4 nitrogen and oxygen atoms in total. The largest absolute Gasteiger partial charge is 0.493 e. The number of rotatable bonds is 8. The van der Waals surface area contributed by atoms with Gasteiger partial charge in [0.05, 0.1) is 14.2 Å². The highest BCUT2D eigenvalue weighted by molar-refractivity contribution is 5.54. The summed E-state index contributed by atoms with van der Waals surface area (Å²) in [6, 6.07) is 5.77. The van der Waals surface area contributed by atoms with Gasteiger partial charge in [-0.15, -0.1) is 0 Å². The predicted octanol–water partition coefficient (Wildman–Crippen LogP) is 2.28. The number of aliphatic hydroxyl groups excluding tert-OH is 1. The number of benzene rings is 1. The molecule has 1 aromatic carbocycles. The molecule has 2 N–H and O–H groups in total. The number of unbranched alkanes of at least 4 members (excludes halogenated alkanes) is 2. The van der Waals surface area contributed by atoms with Gasteiger partial charge >= 0.3 is 0 Å². The summed E-state index contributed by atoms with van der Waals surface area (Å²) in [4.78, 5) is 0. The van der Waals surface area contributed by atoms with E-state index >= 15 is 0 Å². The van der Waals surface area contributed by atoms with Crippen LogP contribution in [0, 0.1) is 0 Å². The highest BCUT2D eigenvalue weighted by atomic mass is 16.5. The lowest BCUT2D eigenvalue weighted by molar-refractivity contribution is 0.283. The molecule has 0 radical (unpaired) electrons. The molecule has 0 amide bonds. The number of ether oxygens (including phenoxy) is 2. The molecular weight excluding hydrogens is 218 g/mol. The van der Waals surface area contributed by atoms with Crippen molar-refractivity contribution >= 4 is 5.69 Å². The van der Waals surface area contributed by atoms with Crippen LogP contribution in [0.1, 0.15) is 19.3 Å². The molecule has 4 heteroatoms. The van der Waals surface area contributed by atoms with Crippen LogP contribution in [0.2, 0.25) is 0 Å². The first kappa shape index (κ1) is 13.6. The standard InChI is InChI=1S/C13H21NO3/c1-16-12-7-6-11(10-13(12)17-2)14-8-4-3-5-9-15/h6-7,10,14-15H,3-5,8-9H2,1-2H3. The number of aliphatic hydroxyl groups is 1. The van der Waals surface area contributed by atoms with Gasteiger partial charge in [0.25, 0.3) is 0 Å². The number of anilines is 1. The molecule has 0 saturated carbocycles. The first-order valence-electron chi connectivity index (χ1n) is 5.88. The highest BCUT2D eigenvalue weighted by Crippen LogP contribution is 2.29. The fraction of sp³-hybridized carbons (Fsp3) is 0.538. The smallest absolute Gasteiger partial charge is 0.162 e. The van der Waals surface area contributed by atoms with Crippen molar-refractivity contribution < 1.29 is 14.6 Å². The Morgan fingerprint density at radius 2 is 1.82 bits per heavy atom. The van der Waals surface area contributed by atoms with Crippen LogP contribution in [0.5, 0.6) is 11.5 Å². The van der Waals surface area contributed by atoms with Crippen LogP contribution in [0.4, 0.5) is 5.69 Å². The Morgan fingerprint density at radius 3 is 2.47 bits per heavy atom. The third kappa shape index (κ3) is 4.53. The van der Waals surface area contributed by atoms with E-state index in [0.717, 1.165) is 43.0 Å². The SMILES string of the molecule is COc1ccc(NCCCCCO)cc1OC. The Kier molecular flexibility index (Phi) is 6.25. The number of hydrogen-bond donors (Lipinski definition) is 2. The van der Waals surface area contributed by atoms with Gasteiger partial charge in [0.1, 0.15) is 0 Å². The van der Waals surface area contributed by atoms with E-state index < -0.39 is 0 Å². The lowest BCUT2D eigenvalue weighted by Gasteiger charge is -2.11. The fourth-order valence-corrected chi connectivity index (χ4v) is 1.59. The molecule has 96 valence electrons. The quantitative estimate of drug-likeness (QED) is 0.683. The molecule has 0 unspecified atom stereocenters. The second-order valence-corrected chi connectivity index (χ2v) is 3.78. The van der Waals surface area contributed by atoms with Gasteiger partial charge in [-0.05, 0) is 31.4 Å². The molecule has 1 aromatic rings. The van der Waals surface area contributed by atoms with Crippen molar-refractivity contribution in [2.24, 2.45) is 0 Å².